The van der Waals surface area contributed by atoms with Gasteiger partial charge in [0, 0.05) is 28.3 Å². The van der Waals surface area contributed by atoms with Crippen molar-refractivity contribution >= 4 is 34.3 Å². The SMILES string of the molecule is Cc1cccc(C)c1Nc1ncc(/C=C/c2ncc(C(C)(C)C)o2)s1. The molecule has 0 aliphatic carbocycles. The number of hydrogen-bond donors (Lipinski definition) is 1. The Kier molecular flexibility index (Phi) is 4.77. The van der Waals surface area contributed by atoms with E-state index in [1.54, 1.807) is 17.5 Å². The topological polar surface area (TPSA) is 51.0 Å². The Hall–Kier alpha value is -2.40. The molecule has 0 saturated heterocycles. The largest absolute Gasteiger partial charge is 0.441 e. The minimum Gasteiger partial charge on any atom is -0.441 e. The number of benzene rings is 1. The number of para-hydroxylation sites is 1. The fourth-order valence-electron chi connectivity index (χ4n) is 2.40. The quantitative estimate of drug-likeness (QED) is 0.629. The van der Waals surface area contributed by atoms with E-state index < -0.39 is 0 Å². The van der Waals surface area contributed by atoms with Gasteiger partial charge in [0.1, 0.15) is 5.76 Å². The van der Waals surface area contributed by atoms with Gasteiger partial charge in [-0.3, -0.25) is 0 Å². The average Bonchev–Trinajstić information content (AvgIpc) is 3.18. The lowest BCUT2D eigenvalue weighted by Crippen LogP contribution is -2.09. The summed E-state index contributed by atoms with van der Waals surface area (Å²) < 4.78 is 5.77. The number of nitrogens with one attached hydrogen (secondary N) is 1. The molecule has 0 aliphatic heterocycles. The molecule has 25 heavy (non-hydrogen) atoms. The van der Waals surface area contributed by atoms with Gasteiger partial charge in [0.25, 0.3) is 0 Å². The minimum absolute atomic E-state index is 0.0356. The Morgan fingerprint density at radius 1 is 1.04 bits per heavy atom. The highest BCUT2D eigenvalue weighted by molar-refractivity contribution is 7.16. The van der Waals surface area contributed by atoms with Crippen molar-refractivity contribution in [3.05, 3.63) is 58.2 Å². The van der Waals surface area contributed by atoms with Gasteiger partial charge in [-0.2, -0.15) is 0 Å². The standard InChI is InChI=1S/C20H23N3OS/c1-13-7-6-8-14(2)18(13)23-19-22-11-15(25-19)9-10-17-21-12-16(24-17)20(3,4)5/h6-12H,1-5H3,(H,22,23)/b10-9+. The van der Waals surface area contributed by atoms with Gasteiger partial charge in [-0.1, -0.05) is 50.3 Å². The van der Waals surface area contributed by atoms with E-state index in [0.29, 0.717) is 5.89 Å². The summed E-state index contributed by atoms with van der Waals surface area (Å²) in [7, 11) is 0. The van der Waals surface area contributed by atoms with Gasteiger partial charge in [-0.05, 0) is 31.1 Å². The van der Waals surface area contributed by atoms with Crippen molar-refractivity contribution in [1.29, 1.82) is 0 Å². The van der Waals surface area contributed by atoms with Crippen LogP contribution in [-0.4, -0.2) is 9.97 Å². The molecule has 0 aliphatic rings. The van der Waals surface area contributed by atoms with E-state index in [-0.39, 0.29) is 5.41 Å². The van der Waals surface area contributed by atoms with Crippen molar-refractivity contribution < 1.29 is 4.42 Å². The Balaban J connectivity index is 1.72. The molecule has 0 unspecified atom stereocenters. The second-order valence-corrected chi connectivity index (χ2v) is 8.17. The molecule has 130 valence electrons. The molecule has 0 fully saturated rings. The molecule has 0 saturated carbocycles. The normalized spacial score (nSPS) is 12.0. The first-order valence-electron chi connectivity index (χ1n) is 8.26. The third-order valence-electron chi connectivity index (χ3n) is 3.89. The van der Waals surface area contributed by atoms with Crippen LogP contribution in [0.3, 0.4) is 0 Å². The number of thiazole rings is 1. The van der Waals surface area contributed by atoms with Crippen LogP contribution in [0.2, 0.25) is 0 Å². The summed E-state index contributed by atoms with van der Waals surface area (Å²) in [6, 6.07) is 6.26. The molecular formula is C20H23N3OS. The smallest absolute Gasteiger partial charge is 0.218 e. The highest BCUT2D eigenvalue weighted by Gasteiger charge is 2.18. The summed E-state index contributed by atoms with van der Waals surface area (Å²) in [6.45, 7) is 10.5. The van der Waals surface area contributed by atoms with Crippen LogP contribution >= 0.6 is 11.3 Å². The Morgan fingerprint density at radius 2 is 1.76 bits per heavy atom. The van der Waals surface area contributed by atoms with Gasteiger partial charge >= 0.3 is 0 Å². The molecule has 2 heterocycles. The number of aryl methyl sites for hydroxylation is 2. The summed E-state index contributed by atoms with van der Waals surface area (Å²) in [5.74, 6) is 1.50. The summed E-state index contributed by atoms with van der Waals surface area (Å²) >= 11 is 1.60. The predicted octanol–water partition coefficient (Wildman–Crippen LogP) is 5.96. The van der Waals surface area contributed by atoms with Crippen molar-refractivity contribution in [1.82, 2.24) is 9.97 Å². The fraction of sp³-hybridized carbons (Fsp3) is 0.300. The van der Waals surface area contributed by atoms with Crippen molar-refractivity contribution in [2.24, 2.45) is 0 Å². The number of nitrogens with zero attached hydrogens (tertiary/aromatic N) is 2. The summed E-state index contributed by atoms with van der Waals surface area (Å²) in [5.41, 5.74) is 3.50. The molecule has 3 aromatic rings. The first-order chi connectivity index (χ1) is 11.8. The van der Waals surface area contributed by atoms with Crippen LogP contribution in [0.4, 0.5) is 10.8 Å². The summed E-state index contributed by atoms with van der Waals surface area (Å²) in [6.07, 6.45) is 7.50. The molecule has 1 aromatic carbocycles. The number of aromatic nitrogens is 2. The molecule has 0 spiro atoms. The lowest BCUT2D eigenvalue weighted by molar-refractivity contribution is 0.403. The number of oxazole rings is 1. The van der Waals surface area contributed by atoms with Gasteiger partial charge in [-0.25, -0.2) is 9.97 Å². The highest BCUT2D eigenvalue weighted by Crippen LogP contribution is 2.28. The van der Waals surface area contributed by atoms with Crippen LogP contribution in [0.25, 0.3) is 12.2 Å². The average molecular weight is 353 g/mol. The molecule has 0 bridgehead atoms. The third kappa shape index (κ3) is 4.17. The van der Waals surface area contributed by atoms with Crippen molar-refractivity contribution in [2.45, 2.75) is 40.0 Å². The van der Waals surface area contributed by atoms with E-state index in [4.69, 9.17) is 4.42 Å². The van der Waals surface area contributed by atoms with Crippen LogP contribution in [-0.2, 0) is 5.41 Å². The van der Waals surface area contributed by atoms with Gasteiger partial charge in [0.2, 0.25) is 5.89 Å². The van der Waals surface area contributed by atoms with Crippen LogP contribution in [0, 0.1) is 13.8 Å². The highest BCUT2D eigenvalue weighted by atomic mass is 32.1. The Labute approximate surface area is 152 Å². The fourth-order valence-corrected chi connectivity index (χ4v) is 3.13. The zero-order chi connectivity index (χ0) is 18.0. The van der Waals surface area contributed by atoms with Gasteiger partial charge in [0.15, 0.2) is 5.13 Å². The van der Waals surface area contributed by atoms with Crippen LogP contribution < -0.4 is 5.32 Å². The molecule has 1 N–H and O–H groups in total. The molecule has 0 atom stereocenters. The number of hydrogen-bond acceptors (Lipinski definition) is 5. The van der Waals surface area contributed by atoms with E-state index in [1.165, 1.54) is 11.1 Å². The van der Waals surface area contributed by atoms with Crippen LogP contribution in [0.1, 0.15) is 48.4 Å². The minimum atomic E-state index is -0.0356. The third-order valence-corrected chi connectivity index (χ3v) is 4.77. The molecule has 2 aromatic heterocycles. The maximum atomic E-state index is 5.77. The van der Waals surface area contributed by atoms with E-state index >= 15 is 0 Å². The van der Waals surface area contributed by atoms with E-state index in [0.717, 1.165) is 21.5 Å². The van der Waals surface area contributed by atoms with Crippen LogP contribution in [0.5, 0.6) is 0 Å². The summed E-state index contributed by atoms with van der Waals surface area (Å²) in [4.78, 5) is 9.81. The second-order valence-electron chi connectivity index (χ2n) is 7.11. The monoisotopic (exact) mass is 353 g/mol. The summed E-state index contributed by atoms with van der Waals surface area (Å²) in [5, 5.41) is 4.29. The lowest BCUT2D eigenvalue weighted by Gasteiger charge is -2.12. The molecular weight excluding hydrogens is 330 g/mol. The first kappa shape index (κ1) is 17.4. The second kappa shape index (κ2) is 6.84. The van der Waals surface area contributed by atoms with Gasteiger partial charge in [-0.15, -0.1) is 0 Å². The maximum Gasteiger partial charge on any atom is 0.218 e. The van der Waals surface area contributed by atoms with Crippen molar-refractivity contribution in [3.63, 3.8) is 0 Å². The van der Waals surface area contributed by atoms with E-state index in [1.807, 2.05) is 18.3 Å². The Morgan fingerprint density at radius 3 is 2.40 bits per heavy atom. The predicted molar refractivity (Wildman–Crippen MR) is 105 cm³/mol. The van der Waals surface area contributed by atoms with E-state index in [9.17, 15) is 0 Å². The molecule has 4 nitrogen and oxygen atoms in total. The zero-order valence-electron chi connectivity index (χ0n) is 15.3. The Bertz CT molecular complexity index is 880. The number of anilines is 2. The van der Waals surface area contributed by atoms with Crippen LogP contribution in [0.15, 0.2) is 35.0 Å². The lowest BCUT2D eigenvalue weighted by atomic mass is 9.94. The van der Waals surface area contributed by atoms with Crippen molar-refractivity contribution in [3.8, 4) is 0 Å². The van der Waals surface area contributed by atoms with Gasteiger partial charge < -0.3 is 9.73 Å². The van der Waals surface area contributed by atoms with Gasteiger partial charge in [0.05, 0.1) is 6.20 Å². The molecule has 3 rings (SSSR count). The van der Waals surface area contributed by atoms with Crippen molar-refractivity contribution in [2.75, 3.05) is 5.32 Å². The van der Waals surface area contributed by atoms with E-state index in [2.05, 4.69) is 68.1 Å². The zero-order valence-corrected chi connectivity index (χ0v) is 16.1. The molecule has 0 amide bonds. The first-order valence-corrected chi connectivity index (χ1v) is 9.08. The molecule has 5 heteroatoms. The molecule has 0 radical (unpaired) electrons. The maximum absolute atomic E-state index is 5.77. The number of rotatable bonds is 4.